The van der Waals surface area contributed by atoms with Gasteiger partial charge in [0, 0.05) is 32.0 Å². The van der Waals surface area contributed by atoms with Crippen molar-refractivity contribution in [3.63, 3.8) is 0 Å². The minimum absolute atomic E-state index is 0.188. The molecule has 4 rings (SSSR count). The third-order valence-corrected chi connectivity index (χ3v) is 6.79. The molecule has 0 fully saturated rings. The molecule has 3 aromatic rings. The predicted molar refractivity (Wildman–Crippen MR) is 131 cm³/mol. The number of halogens is 5. The van der Waals surface area contributed by atoms with Gasteiger partial charge < -0.3 is 4.74 Å². The van der Waals surface area contributed by atoms with Gasteiger partial charge in [-0.05, 0) is 72.0 Å². The molecule has 34 heavy (non-hydrogen) atoms. The van der Waals surface area contributed by atoms with Crippen molar-refractivity contribution in [3.05, 3.63) is 86.6 Å². The van der Waals surface area contributed by atoms with Crippen molar-refractivity contribution in [1.82, 2.24) is 14.5 Å². The quantitative estimate of drug-likeness (QED) is 0.331. The zero-order chi connectivity index (χ0) is 24.3. The molecule has 2 aromatic carbocycles. The maximum atomic E-state index is 14.9. The van der Waals surface area contributed by atoms with Crippen LogP contribution in [0, 0.1) is 0 Å². The highest BCUT2D eigenvalue weighted by Gasteiger charge is 2.41. The van der Waals surface area contributed by atoms with E-state index in [4.69, 9.17) is 39.5 Å². The second-order valence-corrected chi connectivity index (χ2v) is 9.65. The summed E-state index contributed by atoms with van der Waals surface area (Å²) in [7, 11) is 0. The van der Waals surface area contributed by atoms with Crippen molar-refractivity contribution in [2.45, 2.75) is 30.2 Å². The Morgan fingerprint density at radius 2 is 1.91 bits per heavy atom. The van der Waals surface area contributed by atoms with Crippen LogP contribution in [0.3, 0.4) is 0 Å². The summed E-state index contributed by atoms with van der Waals surface area (Å²) < 4.78 is 38.8. The normalized spacial score (nSPS) is 15.7. The molecule has 0 spiro atoms. The molecule has 1 aromatic heterocycles. The highest BCUT2D eigenvalue weighted by Crippen LogP contribution is 2.42. The number of allylic oxidation sites excluding steroid dienone is 1. The van der Waals surface area contributed by atoms with Crippen LogP contribution in [0.15, 0.2) is 59.6 Å². The van der Waals surface area contributed by atoms with Crippen molar-refractivity contribution < 1.29 is 18.3 Å². The summed E-state index contributed by atoms with van der Waals surface area (Å²) in [6, 6.07) is 11.8. The van der Waals surface area contributed by atoms with E-state index in [9.17, 15) is 13.6 Å². The van der Waals surface area contributed by atoms with E-state index in [2.05, 4.69) is 9.82 Å². The lowest BCUT2D eigenvalue weighted by atomic mass is 9.89. The van der Waals surface area contributed by atoms with Crippen molar-refractivity contribution >= 4 is 58.4 Å². The van der Waals surface area contributed by atoms with E-state index in [1.165, 1.54) is 10.8 Å². The Kier molecular flexibility index (Phi) is 7.72. The first kappa shape index (κ1) is 24.9. The van der Waals surface area contributed by atoms with Crippen LogP contribution in [0.1, 0.15) is 23.2 Å². The summed E-state index contributed by atoms with van der Waals surface area (Å²) in [5.74, 6) is -3.09. The van der Waals surface area contributed by atoms with Gasteiger partial charge in [0.2, 0.25) is 0 Å². The number of nitrogens with zero attached hydrogens (tertiary/aromatic N) is 2. The largest absolute Gasteiger partial charge is 0.445 e. The first-order valence-electron chi connectivity index (χ1n) is 10.2. The molecule has 11 heteroatoms. The number of aryl methyl sites for hydroxylation is 1. The summed E-state index contributed by atoms with van der Waals surface area (Å²) in [5, 5.41) is 5.78. The van der Waals surface area contributed by atoms with Gasteiger partial charge in [0.05, 0.1) is 18.4 Å². The van der Waals surface area contributed by atoms with Gasteiger partial charge in [-0.1, -0.05) is 40.9 Å². The van der Waals surface area contributed by atoms with Crippen LogP contribution in [-0.2, 0) is 17.7 Å². The zero-order valence-electron chi connectivity index (χ0n) is 17.5. The van der Waals surface area contributed by atoms with E-state index in [1.807, 2.05) is 0 Å². The molecule has 0 radical (unpaired) electrons. The highest BCUT2D eigenvalue weighted by atomic mass is 35.5. The zero-order valence-corrected chi connectivity index (χ0v) is 20.6. The molecule has 1 aliphatic rings. The number of carbonyl (C=O) groups is 1. The van der Waals surface area contributed by atoms with Gasteiger partial charge >= 0.3 is 6.09 Å². The van der Waals surface area contributed by atoms with Gasteiger partial charge in [-0.15, -0.1) is 0 Å². The van der Waals surface area contributed by atoms with E-state index in [0.717, 1.165) is 16.8 Å². The average molecular weight is 545 g/mol. The van der Waals surface area contributed by atoms with Crippen molar-refractivity contribution in [2.24, 2.45) is 0 Å². The van der Waals surface area contributed by atoms with E-state index in [-0.39, 0.29) is 31.6 Å². The standard InChI is InChI=1S/C23H18Cl3F2N3O2S/c24-16-3-5-18(6-4-16)34-30-22(32)33-10-8-19-21-14(7-9-23(19,27)28)12-29-31(21)13-15-1-2-17(25)11-20(15)26/h1-6,8,11-12H,7,9-10,13H2,(H,30,32)/b19-8+. The van der Waals surface area contributed by atoms with Gasteiger partial charge in [0.25, 0.3) is 5.92 Å². The van der Waals surface area contributed by atoms with Gasteiger partial charge in [0.15, 0.2) is 0 Å². The fourth-order valence-corrected chi connectivity index (χ4v) is 4.66. The van der Waals surface area contributed by atoms with E-state index in [0.29, 0.717) is 31.9 Å². The Balaban J connectivity index is 1.47. The van der Waals surface area contributed by atoms with E-state index in [1.54, 1.807) is 48.7 Å². The molecular formula is C23H18Cl3F2N3O2S. The van der Waals surface area contributed by atoms with Gasteiger partial charge in [-0.3, -0.25) is 9.40 Å². The number of hydrogen-bond donors (Lipinski definition) is 1. The molecule has 0 atom stereocenters. The lowest BCUT2D eigenvalue weighted by Crippen LogP contribution is -2.27. The monoisotopic (exact) mass is 543 g/mol. The van der Waals surface area contributed by atoms with E-state index < -0.39 is 12.0 Å². The van der Waals surface area contributed by atoms with Crippen molar-refractivity contribution in [3.8, 4) is 0 Å². The highest BCUT2D eigenvalue weighted by molar-refractivity contribution is 7.98. The molecule has 1 amide bonds. The number of benzene rings is 2. The van der Waals surface area contributed by atoms with Gasteiger partial charge in [0.1, 0.15) is 6.61 Å². The van der Waals surface area contributed by atoms with Crippen LogP contribution in [0.25, 0.3) is 5.57 Å². The minimum atomic E-state index is -3.09. The Hall–Kier alpha value is -2.26. The van der Waals surface area contributed by atoms with Crippen LogP contribution >= 0.6 is 46.8 Å². The Bertz CT molecular complexity index is 1230. The number of amides is 1. The lowest BCUT2D eigenvalue weighted by molar-refractivity contribution is 0.0526. The Labute approximate surface area is 214 Å². The molecule has 1 N–H and O–H groups in total. The fraction of sp³-hybridized carbons (Fsp3) is 0.217. The van der Waals surface area contributed by atoms with Crippen LogP contribution in [-0.4, -0.2) is 28.4 Å². The molecule has 1 aliphatic carbocycles. The Morgan fingerprint density at radius 3 is 2.65 bits per heavy atom. The van der Waals surface area contributed by atoms with Crippen LogP contribution in [0.5, 0.6) is 0 Å². The van der Waals surface area contributed by atoms with Crippen LogP contribution in [0.2, 0.25) is 15.1 Å². The summed E-state index contributed by atoms with van der Waals surface area (Å²) in [6.07, 6.45) is 1.90. The average Bonchev–Trinajstić information content (AvgIpc) is 3.19. The molecule has 1 heterocycles. The minimum Gasteiger partial charge on any atom is -0.445 e. The number of aromatic nitrogens is 2. The topological polar surface area (TPSA) is 56.1 Å². The summed E-state index contributed by atoms with van der Waals surface area (Å²) in [5.41, 5.74) is 1.47. The second kappa shape index (κ2) is 10.6. The first-order chi connectivity index (χ1) is 16.2. The van der Waals surface area contributed by atoms with E-state index >= 15 is 0 Å². The number of ether oxygens (including phenoxy) is 1. The van der Waals surface area contributed by atoms with Gasteiger partial charge in [-0.25, -0.2) is 13.6 Å². The molecule has 0 bridgehead atoms. The molecule has 5 nitrogen and oxygen atoms in total. The number of nitrogens with one attached hydrogen (secondary N) is 1. The van der Waals surface area contributed by atoms with Gasteiger partial charge in [-0.2, -0.15) is 5.10 Å². The molecular weight excluding hydrogens is 527 g/mol. The number of alkyl halides is 2. The summed E-state index contributed by atoms with van der Waals surface area (Å²) in [6.45, 7) is -0.137. The molecule has 178 valence electrons. The Morgan fingerprint density at radius 1 is 1.18 bits per heavy atom. The molecule has 0 unspecified atom stereocenters. The first-order valence-corrected chi connectivity index (χ1v) is 12.1. The second-order valence-electron chi connectivity index (χ2n) is 7.49. The number of fused-ring (bicyclic) bond motifs is 1. The smallest absolute Gasteiger partial charge is 0.417 e. The van der Waals surface area contributed by atoms with Crippen LogP contribution < -0.4 is 4.72 Å². The summed E-state index contributed by atoms with van der Waals surface area (Å²) in [4.78, 5) is 12.8. The third kappa shape index (κ3) is 5.86. The van der Waals surface area contributed by atoms with Crippen molar-refractivity contribution in [2.75, 3.05) is 6.61 Å². The third-order valence-electron chi connectivity index (χ3n) is 5.18. The maximum absolute atomic E-state index is 14.9. The van der Waals surface area contributed by atoms with Crippen molar-refractivity contribution in [1.29, 1.82) is 0 Å². The fourth-order valence-electron chi connectivity index (χ4n) is 3.53. The number of hydrogen-bond acceptors (Lipinski definition) is 4. The summed E-state index contributed by atoms with van der Waals surface area (Å²) >= 11 is 19.1. The molecule has 0 saturated carbocycles. The van der Waals surface area contributed by atoms with Crippen LogP contribution in [0.4, 0.5) is 13.6 Å². The number of rotatable bonds is 6. The SMILES string of the molecule is O=C(NSc1ccc(Cl)cc1)OC/C=C1\c2c(cnn2Cc2ccc(Cl)cc2Cl)CCC1(F)F. The number of carbonyl (C=O) groups excluding carboxylic acids is 1. The maximum Gasteiger partial charge on any atom is 0.417 e. The lowest BCUT2D eigenvalue weighted by Gasteiger charge is -2.26. The molecule has 0 saturated heterocycles. The molecule has 0 aliphatic heterocycles. The predicted octanol–water partition coefficient (Wildman–Crippen LogP) is 7.29.